The summed E-state index contributed by atoms with van der Waals surface area (Å²) in [5.41, 5.74) is 2.27. The minimum absolute atomic E-state index is 0.00569. The summed E-state index contributed by atoms with van der Waals surface area (Å²) in [7, 11) is 3.50. The molecule has 2 heterocycles. The molecule has 32 heavy (non-hydrogen) atoms. The number of rotatable bonds is 4. The first-order valence-electron chi connectivity index (χ1n) is 11.2. The summed E-state index contributed by atoms with van der Waals surface area (Å²) < 4.78 is 23.9. The number of benzene rings is 2. The van der Waals surface area contributed by atoms with E-state index in [0.717, 1.165) is 30.4 Å². The van der Waals surface area contributed by atoms with Crippen LogP contribution in [0.5, 0.6) is 11.5 Å². The van der Waals surface area contributed by atoms with Crippen molar-refractivity contribution in [1.82, 2.24) is 4.90 Å². The second-order valence-electron chi connectivity index (χ2n) is 8.77. The van der Waals surface area contributed by atoms with E-state index in [1.165, 1.54) is 0 Å². The van der Waals surface area contributed by atoms with Gasteiger partial charge in [-0.15, -0.1) is 0 Å². The number of allylic oxidation sites excluding steroid dienone is 1. The predicted octanol–water partition coefficient (Wildman–Crippen LogP) is 4.08. The Morgan fingerprint density at radius 2 is 1.78 bits per heavy atom. The average Bonchev–Trinajstić information content (AvgIpc) is 3.26. The number of carbonyl (C=O) groups is 1. The van der Waals surface area contributed by atoms with Crippen LogP contribution in [0.25, 0.3) is 0 Å². The molecule has 6 nitrogen and oxygen atoms in total. The summed E-state index contributed by atoms with van der Waals surface area (Å²) in [4.78, 5) is 15.1. The predicted molar refractivity (Wildman–Crippen MR) is 120 cm³/mol. The third-order valence-electron chi connectivity index (χ3n) is 6.89. The number of ether oxygens (including phenoxy) is 4. The lowest BCUT2D eigenvalue weighted by Crippen LogP contribution is -2.38. The lowest BCUT2D eigenvalue weighted by atomic mass is 9.68. The first-order valence-corrected chi connectivity index (χ1v) is 11.2. The van der Waals surface area contributed by atoms with E-state index >= 15 is 0 Å². The number of hydrogen-bond acceptors (Lipinski definition) is 5. The molecule has 1 unspecified atom stereocenters. The maximum absolute atomic E-state index is 13.3. The van der Waals surface area contributed by atoms with Crippen LogP contribution in [0.1, 0.15) is 40.7 Å². The SMILES string of the molecule is COc1ccc2c(c1OCc1ccccc1)C1(C=CC3(CC1)OCCO3)CCN(C)C2=O. The molecule has 0 aromatic heterocycles. The van der Waals surface area contributed by atoms with Crippen molar-refractivity contribution in [1.29, 1.82) is 0 Å². The van der Waals surface area contributed by atoms with Gasteiger partial charge >= 0.3 is 0 Å². The topological polar surface area (TPSA) is 57.2 Å². The van der Waals surface area contributed by atoms with E-state index in [2.05, 4.69) is 6.08 Å². The largest absolute Gasteiger partial charge is 0.493 e. The summed E-state index contributed by atoms with van der Waals surface area (Å²) in [6.07, 6.45) is 6.55. The number of fused-ring (bicyclic) bond motifs is 2. The van der Waals surface area contributed by atoms with Crippen LogP contribution >= 0.6 is 0 Å². The van der Waals surface area contributed by atoms with Crippen LogP contribution in [-0.2, 0) is 21.5 Å². The third-order valence-corrected chi connectivity index (χ3v) is 6.89. The van der Waals surface area contributed by atoms with E-state index in [4.69, 9.17) is 18.9 Å². The van der Waals surface area contributed by atoms with Gasteiger partial charge in [-0.05, 0) is 36.6 Å². The molecule has 6 heteroatoms. The Hall–Kier alpha value is -2.83. The van der Waals surface area contributed by atoms with E-state index in [0.29, 0.717) is 43.4 Å². The zero-order chi connectivity index (χ0) is 22.2. The van der Waals surface area contributed by atoms with Gasteiger partial charge < -0.3 is 23.8 Å². The van der Waals surface area contributed by atoms with E-state index in [9.17, 15) is 4.79 Å². The highest BCUT2D eigenvalue weighted by molar-refractivity contribution is 5.98. The van der Waals surface area contributed by atoms with Gasteiger partial charge in [0, 0.05) is 36.6 Å². The maximum Gasteiger partial charge on any atom is 0.254 e. The van der Waals surface area contributed by atoms with Crippen molar-refractivity contribution < 1.29 is 23.7 Å². The number of nitrogens with zero attached hydrogens (tertiary/aromatic N) is 1. The zero-order valence-electron chi connectivity index (χ0n) is 18.6. The van der Waals surface area contributed by atoms with Crippen molar-refractivity contribution in [3.8, 4) is 11.5 Å². The van der Waals surface area contributed by atoms with Gasteiger partial charge in [-0.25, -0.2) is 0 Å². The molecule has 2 aliphatic heterocycles. The monoisotopic (exact) mass is 435 g/mol. The Morgan fingerprint density at radius 3 is 2.47 bits per heavy atom. The summed E-state index contributed by atoms with van der Waals surface area (Å²) >= 11 is 0. The zero-order valence-corrected chi connectivity index (χ0v) is 18.6. The molecular formula is C26H29NO5. The maximum atomic E-state index is 13.3. The van der Waals surface area contributed by atoms with Crippen LogP contribution in [0.2, 0.25) is 0 Å². The molecular weight excluding hydrogens is 406 g/mol. The standard InChI is InChI=1S/C26H29NO5/c1-27-15-14-25(10-12-26(13-11-25)31-16-17-32-26)22-20(24(27)28)8-9-21(29-2)23(22)30-18-19-6-4-3-5-7-19/h3-10,12H,11,13-18H2,1-2H3. The third kappa shape index (κ3) is 3.57. The lowest BCUT2D eigenvalue weighted by molar-refractivity contribution is -0.128. The highest BCUT2D eigenvalue weighted by Crippen LogP contribution is 2.51. The molecule has 2 spiro atoms. The molecule has 3 aliphatic rings. The van der Waals surface area contributed by atoms with E-state index in [1.807, 2.05) is 55.6 Å². The molecule has 2 aromatic rings. The van der Waals surface area contributed by atoms with Gasteiger partial charge in [0.1, 0.15) is 6.61 Å². The summed E-state index contributed by atoms with van der Waals surface area (Å²) in [5.74, 6) is 0.647. The smallest absolute Gasteiger partial charge is 0.254 e. The Kier molecular flexibility index (Phi) is 5.43. The van der Waals surface area contributed by atoms with Crippen molar-refractivity contribution in [2.45, 2.75) is 37.1 Å². The summed E-state index contributed by atoms with van der Waals surface area (Å²) in [6.45, 7) is 2.27. The van der Waals surface area contributed by atoms with Gasteiger partial charge in [0.05, 0.1) is 20.3 Å². The molecule has 168 valence electrons. The summed E-state index contributed by atoms with van der Waals surface area (Å²) in [5, 5.41) is 0. The Morgan fingerprint density at radius 1 is 1.00 bits per heavy atom. The highest BCUT2D eigenvalue weighted by Gasteiger charge is 2.47. The van der Waals surface area contributed by atoms with Crippen molar-refractivity contribution >= 4 is 5.91 Å². The first-order chi connectivity index (χ1) is 15.6. The van der Waals surface area contributed by atoms with Gasteiger partial charge in [0.15, 0.2) is 17.3 Å². The van der Waals surface area contributed by atoms with Crippen LogP contribution in [0.15, 0.2) is 54.6 Å². The van der Waals surface area contributed by atoms with E-state index in [1.54, 1.807) is 12.0 Å². The molecule has 1 atom stereocenters. The Labute approximate surface area is 188 Å². The molecule has 5 rings (SSSR count). The van der Waals surface area contributed by atoms with Gasteiger partial charge in [0.25, 0.3) is 5.91 Å². The van der Waals surface area contributed by atoms with E-state index in [-0.39, 0.29) is 11.3 Å². The van der Waals surface area contributed by atoms with Crippen LogP contribution in [0, 0.1) is 0 Å². The van der Waals surface area contributed by atoms with Crippen LogP contribution in [-0.4, -0.2) is 50.5 Å². The number of carbonyl (C=O) groups excluding carboxylic acids is 1. The highest BCUT2D eigenvalue weighted by atomic mass is 16.7. The fourth-order valence-electron chi connectivity index (χ4n) is 5.05. The van der Waals surface area contributed by atoms with Gasteiger partial charge in [0.2, 0.25) is 0 Å². The minimum Gasteiger partial charge on any atom is -0.493 e. The van der Waals surface area contributed by atoms with Crippen molar-refractivity contribution in [2.24, 2.45) is 0 Å². The lowest BCUT2D eigenvalue weighted by Gasteiger charge is -2.40. The number of hydrogen-bond donors (Lipinski definition) is 0. The molecule has 0 saturated carbocycles. The Balaban J connectivity index is 1.62. The number of methoxy groups -OCH3 is 1. The summed E-state index contributed by atoms with van der Waals surface area (Å²) in [6, 6.07) is 13.7. The van der Waals surface area contributed by atoms with Gasteiger partial charge in [-0.2, -0.15) is 0 Å². The normalized spacial score (nSPS) is 23.9. The van der Waals surface area contributed by atoms with Crippen molar-refractivity contribution in [3.63, 3.8) is 0 Å². The molecule has 1 saturated heterocycles. The van der Waals surface area contributed by atoms with Crippen molar-refractivity contribution in [3.05, 3.63) is 71.3 Å². The van der Waals surface area contributed by atoms with Gasteiger partial charge in [-0.1, -0.05) is 36.4 Å². The second kappa shape index (κ2) is 8.26. The molecule has 0 bridgehead atoms. The quantitative estimate of drug-likeness (QED) is 0.678. The molecule has 1 fully saturated rings. The second-order valence-corrected chi connectivity index (χ2v) is 8.77. The minimum atomic E-state index is -0.641. The van der Waals surface area contributed by atoms with Gasteiger partial charge in [-0.3, -0.25) is 4.79 Å². The fraction of sp³-hybridized carbons (Fsp3) is 0.423. The average molecular weight is 436 g/mol. The van der Waals surface area contributed by atoms with Crippen LogP contribution in [0.3, 0.4) is 0 Å². The number of amides is 1. The van der Waals surface area contributed by atoms with Crippen LogP contribution in [0.4, 0.5) is 0 Å². The molecule has 1 amide bonds. The van der Waals surface area contributed by atoms with Crippen molar-refractivity contribution in [2.75, 3.05) is 33.9 Å². The first kappa shape index (κ1) is 21.0. The molecule has 2 aromatic carbocycles. The van der Waals surface area contributed by atoms with E-state index < -0.39 is 5.79 Å². The molecule has 0 radical (unpaired) electrons. The Bertz CT molecular complexity index is 1030. The fourth-order valence-corrected chi connectivity index (χ4v) is 5.05. The molecule has 0 N–H and O–H groups in total. The molecule has 1 aliphatic carbocycles. The van der Waals surface area contributed by atoms with Crippen LogP contribution < -0.4 is 9.47 Å².